The summed E-state index contributed by atoms with van der Waals surface area (Å²) in [6.45, 7) is 7.32. The van der Waals surface area contributed by atoms with Crippen LogP contribution in [0.2, 0.25) is 0 Å². The van der Waals surface area contributed by atoms with Gasteiger partial charge in [0.2, 0.25) is 5.91 Å². The molecule has 27 heavy (non-hydrogen) atoms. The first-order valence-electron chi connectivity index (χ1n) is 9.99. The number of carbonyl (C=O) groups is 1. The molecule has 0 aliphatic rings. The molecule has 146 valence electrons. The SMILES string of the molecule is CCCCCCOc1cccc(NC(=O)CNc2c(C)cccc2CC)c1. The van der Waals surface area contributed by atoms with E-state index >= 15 is 0 Å². The van der Waals surface area contributed by atoms with E-state index in [1.54, 1.807) is 0 Å². The number of nitrogens with one attached hydrogen (secondary N) is 2. The first kappa shape index (κ1) is 20.8. The van der Waals surface area contributed by atoms with Crippen LogP contribution in [0.3, 0.4) is 0 Å². The van der Waals surface area contributed by atoms with E-state index < -0.39 is 0 Å². The van der Waals surface area contributed by atoms with Gasteiger partial charge in [-0.25, -0.2) is 0 Å². The van der Waals surface area contributed by atoms with Crippen LogP contribution in [0, 0.1) is 6.92 Å². The van der Waals surface area contributed by atoms with Crippen molar-refractivity contribution in [3.05, 3.63) is 53.6 Å². The zero-order chi connectivity index (χ0) is 19.5. The topological polar surface area (TPSA) is 50.4 Å². The van der Waals surface area contributed by atoms with Crippen LogP contribution in [0.1, 0.15) is 50.7 Å². The van der Waals surface area contributed by atoms with Gasteiger partial charge in [-0.15, -0.1) is 0 Å². The van der Waals surface area contributed by atoms with Gasteiger partial charge in [0.1, 0.15) is 5.75 Å². The van der Waals surface area contributed by atoms with Crippen LogP contribution in [0.5, 0.6) is 5.75 Å². The number of hydrogen-bond donors (Lipinski definition) is 2. The highest BCUT2D eigenvalue weighted by molar-refractivity contribution is 5.94. The summed E-state index contributed by atoms with van der Waals surface area (Å²) in [7, 11) is 0. The lowest BCUT2D eigenvalue weighted by Crippen LogP contribution is -2.22. The van der Waals surface area contributed by atoms with Gasteiger partial charge in [-0.05, 0) is 43.0 Å². The van der Waals surface area contributed by atoms with Crippen LogP contribution in [0.4, 0.5) is 11.4 Å². The zero-order valence-corrected chi connectivity index (χ0v) is 16.8. The van der Waals surface area contributed by atoms with Gasteiger partial charge in [-0.3, -0.25) is 4.79 Å². The maximum Gasteiger partial charge on any atom is 0.243 e. The first-order chi connectivity index (χ1) is 13.1. The van der Waals surface area contributed by atoms with Crippen LogP contribution < -0.4 is 15.4 Å². The number of hydrogen-bond acceptors (Lipinski definition) is 3. The Morgan fingerprint density at radius 3 is 2.63 bits per heavy atom. The number of unbranched alkanes of at least 4 members (excludes halogenated alkanes) is 3. The van der Waals surface area contributed by atoms with Crippen molar-refractivity contribution >= 4 is 17.3 Å². The monoisotopic (exact) mass is 368 g/mol. The number of ether oxygens (including phenoxy) is 1. The average molecular weight is 369 g/mol. The molecular weight excluding hydrogens is 336 g/mol. The van der Waals surface area contributed by atoms with Gasteiger partial charge in [0, 0.05) is 17.4 Å². The second-order valence-electron chi connectivity index (χ2n) is 6.80. The third-order valence-corrected chi connectivity index (χ3v) is 4.55. The molecule has 0 aliphatic carbocycles. The molecule has 1 amide bonds. The molecule has 0 spiro atoms. The van der Waals surface area contributed by atoms with Crippen molar-refractivity contribution in [3.63, 3.8) is 0 Å². The fourth-order valence-corrected chi connectivity index (χ4v) is 3.03. The molecule has 0 radical (unpaired) electrons. The molecule has 0 atom stereocenters. The molecule has 0 unspecified atom stereocenters. The minimum atomic E-state index is -0.0691. The Labute approximate surface area is 163 Å². The molecule has 4 nitrogen and oxygen atoms in total. The summed E-state index contributed by atoms with van der Waals surface area (Å²) in [6, 6.07) is 13.8. The van der Waals surface area contributed by atoms with E-state index in [0.29, 0.717) is 6.61 Å². The van der Waals surface area contributed by atoms with Crippen molar-refractivity contribution in [2.45, 2.75) is 52.9 Å². The Morgan fingerprint density at radius 2 is 1.85 bits per heavy atom. The summed E-state index contributed by atoms with van der Waals surface area (Å²) in [6.07, 6.45) is 5.65. The molecular formula is C23H32N2O2. The predicted molar refractivity (Wildman–Crippen MR) is 114 cm³/mol. The highest BCUT2D eigenvalue weighted by Crippen LogP contribution is 2.21. The van der Waals surface area contributed by atoms with Gasteiger partial charge in [-0.1, -0.05) is 57.4 Å². The largest absolute Gasteiger partial charge is 0.494 e. The highest BCUT2D eigenvalue weighted by atomic mass is 16.5. The summed E-state index contributed by atoms with van der Waals surface area (Å²) >= 11 is 0. The van der Waals surface area contributed by atoms with Crippen LogP contribution >= 0.6 is 0 Å². The van der Waals surface area contributed by atoms with Gasteiger partial charge in [0.25, 0.3) is 0 Å². The number of aryl methyl sites for hydroxylation is 2. The van der Waals surface area contributed by atoms with E-state index in [1.165, 1.54) is 24.8 Å². The van der Waals surface area contributed by atoms with Crippen molar-refractivity contribution in [1.29, 1.82) is 0 Å². The van der Waals surface area contributed by atoms with E-state index in [-0.39, 0.29) is 12.5 Å². The van der Waals surface area contributed by atoms with Gasteiger partial charge in [0.05, 0.1) is 13.2 Å². The molecule has 0 saturated carbocycles. The van der Waals surface area contributed by atoms with Crippen molar-refractivity contribution in [3.8, 4) is 5.75 Å². The molecule has 2 aromatic rings. The molecule has 0 aromatic heterocycles. The Bertz CT molecular complexity index is 728. The molecule has 2 rings (SSSR count). The number of para-hydroxylation sites is 1. The minimum absolute atomic E-state index is 0.0691. The third kappa shape index (κ3) is 6.97. The predicted octanol–water partition coefficient (Wildman–Crippen LogP) is 5.57. The number of benzene rings is 2. The molecule has 0 bridgehead atoms. The Kier molecular flexibility index (Phi) is 8.69. The maximum atomic E-state index is 12.3. The van der Waals surface area contributed by atoms with Crippen LogP contribution in [0.25, 0.3) is 0 Å². The average Bonchev–Trinajstić information content (AvgIpc) is 2.67. The van der Waals surface area contributed by atoms with Gasteiger partial charge < -0.3 is 15.4 Å². The lowest BCUT2D eigenvalue weighted by molar-refractivity contribution is -0.114. The lowest BCUT2D eigenvalue weighted by atomic mass is 10.1. The third-order valence-electron chi connectivity index (χ3n) is 4.55. The summed E-state index contributed by atoms with van der Waals surface area (Å²) in [5.74, 6) is 0.727. The summed E-state index contributed by atoms with van der Waals surface area (Å²) < 4.78 is 5.78. The standard InChI is InChI=1S/C23H32N2O2/c1-4-6-7-8-15-27-21-14-10-13-20(16-21)25-22(26)17-24-23-18(3)11-9-12-19(23)5-2/h9-14,16,24H,4-8,15,17H2,1-3H3,(H,25,26). The van der Waals surface area contributed by atoms with Crippen molar-refractivity contribution in [2.24, 2.45) is 0 Å². The number of amides is 1. The Hall–Kier alpha value is -2.49. The van der Waals surface area contributed by atoms with Crippen molar-refractivity contribution < 1.29 is 9.53 Å². The lowest BCUT2D eigenvalue weighted by Gasteiger charge is -2.14. The second-order valence-corrected chi connectivity index (χ2v) is 6.80. The van der Waals surface area contributed by atoms with E-state index in [9.17, 15) is 4.79 Å². The molecule has 0 fully saturated rings. The molecule has 0 heterocycles. The molecule has 4 heteroatoms. The van der Waals surface area contributed by atoms with E-state index in [4.69, 9.17) is 4.74 Å². The van der Waals surface area contributed by atoms with Crippen LogP contribution in [0.15, 0.2) is 42.5 Å². The van der Waals surface area contributed by atoms with Gasteiger partial charge in [0.15, 0.2) is 0 Å². The number of carbonyl (C=O) groups excluding carboxylic acids is 1. The van der Waals surface area contributed by atoms with E-state index in [0.717, 1.165) is 35.5 Å². The van der Waals surface area contributed by atoms with E-state index in [2.05, 4.69) is 43.5 Å². The molecule has 2 N–H and O–H groups in total. The summed E-state index contributed by atoms with van der Waals surface area (Å²) in [4.78, 5) is 12.3. The van der Waals surface area contributed by atoms with Crippen LogP contribution in [-0.4, -0.2) is 19.1 Å². The number of anilines is 2. The molecule has 0 aliphatic heterocycles. The molecule has 2 aromatic carbocycles. The minimum Gasteiger partial charge on any atom is -0.494 e. The fraction of sp³-hybridized carbons (Fsp3) is 0.435. The van der Waals surface area contributed by atoms with Gasteiger partial charge >= 0.3 is 0 Å². The normalized spacial score (nSPS) is 10.5. The van der Waals surface area contributed by atoms with Crippen LogP contribution in [-0.2, 0) is 11.2 Å². The highest BCUT2D eigenvalue weighted by Gasteiger charge is 2.07. The summed E-state index contributed by atoms with van der Waals surface area (Å²) in [5, 5.41) is 6.22. The van der Waals surface area contributed by atoms with E-state index in [1.807, 2.05) is 30.3 Å². The Balaban J connectivity index is 1.84. The second kappa shape index (κ2) is 11.3. The smallest absolute Gasteiger partial charge is 0.243 e. The fourth-order valence-electron chi connectivity index (χ4n) is 3.03. The van der Waals surface area contributed by atoms with Crippen molar-refractivity contribution in [2.75, 3.05) is 23.8 Å². The Morgan fingerprint density at radius 1 is 1.04 bits per heavy atom. The first-order valence-corrected chi connectivity index (χ1v) is 9.99. The summed E-state index contributed by atoms with van der Waals surface area (Å²) in [5.41, 5.74) is 4.19. The maximum absolute atomic E-state index is 12.3. The quantitative estimate of drug-likeness (QED) is 0.510. The molecule has 0 saturated heterocycles. The van der Waals surface area contributed by atoms with Gasteiger partial charge in [-0.2, -0.15) is 0 Å². The zero-order valence-electron chi connectivity index (χ0n) is 16.8. The van der Waals surface area contributed by atoms with Crippen molar-refractivity contribution in [1.82, 2.24) is 0 Å². The number of rotatable bonds is 11.